The van der Waals surface area contributed by atoms with Gasteiger partial charge in [0, 0.05) is 0 Å². The third-order valence-electron chi connectivity index (χ3n) is 5.26. The zero-order chi connectivity index (χ0) is 17.2. The molecular weight excluding hydrogens is 292 g/mol. The molecule has 1 heteroatoms. The van der Waals surface area contributed by atoms with E-state index in [0.717, 1.165) is 30.4 Å². The molecule has 132 valence electrons. The minimum atomic E-state index is 0.591. The zero-order valence-electron chi connectivity index (χ0n) is 15.6. The molecule has 2 rings (SSSR count). The molecule has 0 radical (unpaired) electrons. The molecule has 1 aliphatic carbocycles. The molecule has 0 spiro atoms. The molecule has 0 heterocycles. The Morgan fingerprint density at radius 1 is 1.21 bits per heavy atom. The van der Waals surface area contributed by atoms with Crippen LogP contribution in [0.15, 0.2) is 43.0 Å². The monoisotopic (exact) mass is 326 g/mol. The average molecular weight is 327 g/mol. The lowest BCUT2D eigenvalue weighted by Crippen LogP contribution is -2.13. The van der Waals surface area contributed by atoms with E-state index in [1.165, 1.54) is 49.7 Å². The second-order valence-corrected chi connectivity index (χ2v) is 7.08. The Hall–Kier alpha value is -1.50. The molecular formula is C23H34O. The van der Waals surface area contributed by atoms with Crippen LogP contribution in [0.2, 0.25) is 0 Å². The van der Waals surface area contributed by atoms with Crippen LogP contribution < -0.4 is 4.74 Å². The number of rotatable bonds is 9. The van der Waals surface area contributed by atoms with Gasteiger partial charge in [-0.2, -0.15) is 0 Å². The van der Waals surface area contributed by atoms with Crippen LogP contribution in [0.25, 0.3) is 0 Å². The van der Waals surface area contributed by atoms with Crippen molar-refractivity contribution >= 4 is 0 Å². The van der Waals surface area contributed by atoms with E-state index in [2.05, 4.69) is 50.8 Å². The number of hydrogen-bond acceptors (Lipinski definition) is 1. The normalized spacial score (nSPS) is 21.1. The maximum absolute atomic E-state index is 5.83. The molecule has 1 nitrogen and oxygen atoms in total. The van der Waals surface area contributed by atoms with Crippen molar-refractivity contribution in [2.75, 3.05) is 6.61 Å². The van der Waals surface area contributed by atoms with Crippen molar-refractivity contribution in [3.8, 4) is 5.75 Å². The summed E-state index contributed by atoms with van der Waals surface area (Å²) in [7, 11) is 0. The van der Waals surface area contributed by atoms with Gasteiger partial charge >= 0.3 is 0 Å². The Morgan fingerprint density at radius 2 is 2.00 bits per heavy atom. The van der Waals surface area contributed by atoms with E-state index >= 15 is 0 Å². The highest BCUT2D eigenvalue weighted by Gasteiger charge is 2.22. The predicted octanol–water partition coefficient (Wildman–Crippen LogP) is 6.83. The molecule has 24 heavy (non-hydrogen) atoms. The van der Waals surface area contributed by atoms with E-state index < -0.39 is 0 Å². The molecule has 1 aromatic carbocycles. The quantitative estimate of drug-likeness (QED) is 0.452. The molecule has 0 saturated heterocycles. The third kappa shape index (κ3) is 5.54. The molecule has 1 aliphatic rings. The summed E-state index contributed by atoms with van der Waals surface area (Å²) in [6.07, 6.45) is 16.7. The summed E-state index contributed by atoms with van der Waals surface area (Å²) in [5, 5.41) is 0. The first-order chi connectivity index (χ1) is 11.8. The van der Waals surface area contributed by atoms with E-state index in [1.54, 1.807) is 0 Å². The summed E-state index contributed by atoms with van der Waals surface area (Å²) in [6, 6.07) is 6.89. The second kappa shape index (κ2) is 10.4. The fraction of sp³-hybridized carbons (Fsp3) is 0.565. The highest BCUT2D eigenvalue weighted by Crippen LogP contribution is 2.38. The summed E-state index contributed by atoms with van der Waals surface area (Å²) < 4.78 is 5.83. The molecule has 0 bridgehead atoms. The van der Waals surface area contributed by atoms with Crippen molar-refractivity contribution < 1.29 is 4.74 Å². The van der Waals surface area contributed by atoms with E-state index in [0.29, 0.717) is 6.61 Å². The topological polar surface area (TPSA) is 9.23 Å². The molecule has 1 fully saturated rings. The van der Waals surface area contributed by atoms with Gasteiger partial charge in [0.1, 0.15) is 12.4 Å². The van der Waals surface area contributed by atoms with Crippen LogP contribution in [0, 0.1) is 5.92 Å². The largest absolute Gasteiger partial charge is 0.489 e. The summed E-state index contributed by atoms with van der Waals surface area (Å²) in [4.78, 5) is 0. The minimum absolute atomic E-state index is 0.591. The van der Waals surface area contributed by atoms with Gasteiger partial charge in [0.15, 0.2) is 0 Å². The molecule has 0 aliphatic heterocycles. The van der Waals surface area contributed by atoms with Gasteiger partial charge in [0.25, 0.3) is 0 Å². The summed E-state index contributed by atoms with van der Waals surface area (Å²) in [5.74, 6) is 2.72. The fourth-order valence-electron chi connectivity index (χ4n) is 3.89. The van der Waals surface area contributed by atoms with Crippen molar-refractivity contribution in [1.82, 2.24) is 0 Å². The first-order valence-electron chi connectivity index (χ1n) is 9.76. The van der Waals surface area contributed by atoms with Gasteiger partial charge in [0.05, 0.1) is 0 Å². The van der Waals surface area contributed by atoms with Crippen LogP contribution >= 0.6 is 0 Å². The Kier molecular flexibility index (Phi) is 8.15. The van der Waals surface area contributed by atoms with Crippen LogP contribution in [0.3, 0.4) is 0 Å². The van der Waals surface area contributed by atoms with Crippen molar-refractivity contribution in [3.05, 3.63) is 54.1 Å². The fourth-order valence-corrected chi connectivity index (χ4v) is 3.89. The Morgan fingerprint density at radius 3 is 2.67 bits per heavy atom. The molecule has 0 unspecified atom stereocenters. The molecule has 0 amide bonds. The first kappa shape index (κ1) is 18.8. The standard InChI is InChI=1S/C23H34O/c1-4-7-8-10-19-11-13-20(14-12-19)21-15-16-23(24-17-6-3)22(18-21)9-5-2/h4,6-7,15-16,18-20H,3,5,8-14,17H2,1-2H3. The molecule has 0 N–H and O–H groups in total. The highest BCUT2D eigenvalue weighted by atomic mass is 16.5. The number of ether oxygens (including phenoxy) is 1. The lowest BCUT2D eigenvalue weighted by atomic mass is 9.77. The number of allylic oxidation sites excluding steroid dienone is 2. The maximum Gasteiger partial charge on any atom is 0.122 e. The smallest absolute Gasteiger partial charge is 0.122 e. The molecule has 1 saturated carbocycles. The average Bonchev–Trinajstić information content (AvgIpc) is 2.62. The van der Waals surface area contributed by atoms with Crippen molar-refractivity contribution in [2.24, 2.45) is 5.92 Å². The molecule has 0 aromatic heterocycles. The van der Waals surface area contributed by atoms with Crippen molar-refractivity contribution in [3.63, 3.8) is 0 Å². The zero-order valence-corrected chi connectivity index (χ0v) is 15.6. The van der Waals surface area contributed by atoms with Crippen LogP contribution in [-0.2, 0) is 6.42 Å². The van der Waals surface area contributed by atoms with Gasteiger partial charge in [-0.05, 0) is 80.9 Å². The van der Waals surface area contributed by atoms with Crippen LogP contribution in [0.1, 0.15) is 75.8 Å². The van der Waals surface area contributed by atoms with Crippen molar-refractivity contribution in [1.29, 1.82) is 0 Å². The van der Waals surface area contributed by atoms with E-state index in [-0.39, 0.29) is 0 Å². The van der Waals surface area contributed by atoms with Gasteiger partial charge < -0.3 is 4.74 Å². The van der Waals surface area contributed by atoms with Gasteiger partial charge in [0.2, 0.25) is 0 Å². The summed E-state index contributed by atoms with van der Waals surface area (Å²) in [6.45, 7) is 8.69. The third-order valence-corrected chi connectivity index (χ3v) is 5.26. The van der Waals surface area contributed by atoms with Gasteiger partial charge in [-0.25, -0.2) is 0 Å². The SMILES string of the molecule is C=CCOc1ccc(C2CCC(CCC=CC)CC2)cc1CCC. The van der Waals surface area contributed by atoms with Gasteiger partial charge in [-0.3, -0.25) is 0 Å². The number of aryl methyl sites for hydroxylation is 1. The van der Waals surface area contributed by atoms with Gasteiger partial charge in [-0.15, -0.1) is 0 Å². The Bertz CT molecular complexity index is 521. The Balaban J connectivity index is 1.96. The first-order valence-corrected chi connectivity index (χ1v) is 9.76. The predicted molar refractivity (Wildman–Crippen MR) is 105 cm³/mol. The lowest BCUT2D eigenvalue weighted by molar-refractivity contribution is 0.311. The van der Waals surface area contributed by atoms with E-state index in [1.807, 2.05) is 6.08 Å². The minimum Gasteiger partial charge on any atom is -0.489 e. The van der Waals surface area contributed by atoms with Crippen LogP contribution in [-0.4, -0.2) is 6.61 Å². The van der Waals surface area contributed by atoms with Crippen LogP contribution in [0.5, 0.6) is 5.75 Å². The van der Waals surface area contributed by atoms with E-state index in [9.17, 15) is 0 Å². The molecule has 1 aromatic rings. The van der Waals surface area contributed by atoms with Crippen LogP contribution in [0.4, 0.5) is 0 Å². The number of benzene rings is 1. The number of hydrogen-bond donors (Lipinski definition) is 0. The molecule has 0 atom stereocenters. The maximum atomic E-state index is 5.83. The van der Waals surface area contributed by atoms with E-state index in [4.69, 9.17) is 4.74 Å². The summed E-state index contributed by atoms with van der Waals surface area (Å²) in [5.41, 5.74) is 2.89. The highest BCUT2D eigenvalue weighted by molar-refractivity contribution is 5.39. The summed E-state index contributed by atoms with van der Waals surface area (Å²) >= 11 is 0. The van der Waals surface area contributed by atoms with Crippen molar-refractivity contribution in [2.45, 2.75) is 71.1 Å². The van der Waals surface area contributed by atoms with Gasteiger partial charge in [-0.1, -0.05) is 50.3 Å². The second-order valence-electron chi connectivity index (χ2n) is 7.08. The Labute approximate surface area is 148 Å². The lowest BCUT2D eigenvalue weighted by Gasteiger charge is -2.29.